The smallest absolute Gasteiger partial charge is 0.231 e. The van der Waals surface area contributed by atoms with E-state index in [0.29, 0.717) is 40.6 Å². The topological polar surface area (TPSA) is 47.6 Å². The minimum atomic E-state index is -0.257. The summed E-state index contributed by atoms with van der Waals surface area (Å²) in [6.45, 7) is 2.73. The second kappa shape index (κ2) is 7.45. The highest BCUT2D eigenvalue weighted by Crippen LogP contribution is 2.37. The van der Waals surface area contributed by atoms with Crippen LogP contribution >= 0.6 is 27.5 Å². The molecule has 0 bridgehead atoms. The van der Waals surface area contributed by atoms with E-state index in [4.69, 9.17) is 21.1 Å². The number of ether oxygens (including phenoxy) is 2. The average Bonchev–Trinajstić information content (AvgIpc) is 2.57. The zero-order valence-electron chi connectivity index (χ0n) is 13.1. The summed E-state index contributed by atoms with van der Waals surface area (Å²) in [5.41, 5.74) is 1.60. The number of hydrogen-bond donors (Lipinski definition) is 1. The predicted molar refractivity (Wildman–Crippen MR) is 98.1 cm³/mol. The summed E-state index contributed by atoms with van der Waals surface area (Å²) in [4.78, 5) is 12.7. The van der Waals surface area contributed by atoms with Crippen LogP contribution < -0.4 is 14.8 Å². The van der Waals surface area contributed by atoms with E-state index in [1.165, 1.54) is 0 Å². The Morgan fingerprint density at radius 2 is 2.21 bits per heavy atom. The Morgan fingerprint density at radius 1 is 1.42 bits per heavy atom. The Hall–Kier alpha value is -1.72. The third-order valence-electron chi connectivity index (χ3n) is 3.80. The van der Waals surface area contributed by atoms with Crippen molar-refractivity contribution in [3.05, 3.63) is 51.5 Å². The molecule has 1 aliphatic heterocycles. The van der Waals surface area contributed by atoms with Gasteiger partial charge in [0.25, 0.3) is 0 Å². The lowest BCUT2D eigenvalue weighted by Crippen LogP contribution is -2.32. The van der Waals surface area contributed by atoms with Gasteiger partial charge in [-0.2, -0.15) is 0 Å². The van der Waals surface area contributed by atoms with E-state index in [1.54, 1.807) is 12.1 Å². The number of rotatable bonds is 4. The summed E-state index contributed by atoms with van der Waals surface area (Å²) in [6.07, 6.45) is 0.647. The predicted octanol–water partition coefficient (Wildman–Crippen LogP) is 4.69. The van der Waals surface area contributed by atoms with Crippen LogP contribution in [0, 0.1) is 5.92 Å². The molecular weight excluding hydrogens is 394 g/mol. The van der Waals surface area contributed by atoms with Crippen molar-refractivity contribution in [2.75, 3.05) is 18.5 Å². The number of nitrogens with one attached hydrogen (secondary N) is 1. The van der Waals surface area contributed by atoms with E-state index >= 15 is 0 Å². The molecule has 2 aromatic carbocycles. The van der Waals surface area contributed by atoms with Crippen LogP contribution in [0.25, 0.3) is 0 Å². The van der Waals surface area contributed by atoms with E-state index in [-0.39, 0.29) is 11.8 Å². The van der Waals surface area contributed by atoms with Crippen molar-refractivity contribution >= 4 is 39.1 Å². The number of carbonyl (C=O) groups is 1. The van der Waals surface area contributed by atoms with Gasteiger partial charge in [0.05, 0.1) is 22.7 Å². The first-order valence-corrected chi connectivity index (χ1v) is 8.89. The van der Waals surface area contributed by atoms with Gasteiger partial charge in [-0.15, -0.1) is 0 Å². The van der Waals surface area contributed by atoms with Gasteiger partial charge in [0.15, 0.2) is 5.75 Å². The maximum absolute atomic E-state index is 12.7. The molecule has 1 aliphatic rings. The highest BCUT2D eigenvalue weighted by Gasteiger charge is 2.26. The van der Waals surface area contributed by atoms with Crippen molar-refractivity contribution in [1.29, 1.82) is 0 Å². The molecule has 1 amide bonds. The fourth-order valence-electron chi connectivity index (χ4n) is 2.68. The van der Waals surface area contributed by atoms with Crippen LogP contribution in [0.2, 0.25) is 5.02 Å². The molecule has 6 heteroatoms. The monoisotopic (exact) mass is 409 g/mol. The molecule has 0 aromatic heterocycles. The van der Waals surface area contributed by atoms with Crippen LogP contribution in [0.4, 0.5) is 5.69 Å². The van der Waals surface area contributed by atoms with Gasteiger partial charge >= 0.3 is 0 Å². The summed E-state index contributed by atoms with van der Waals surface area (Å²) in [7, 11) is 0. The zero-order valence-corrected chi connectivity index (χ0v) is 15.5. The Morgan fingerprint density at radius 3 is 3.00 bits per heavy atom. The van der Waals surface area contributed by atoms with Crippen LogP contribution in [0.3, 0.4) is 0 Å². The van der Waals surface area contributed by atoms with Gasteiger partial charge in [0, 0.05) is 5.02 Å². The normalized spacial score (nSPS) is 16.0. The van der Waals surface area contributed by atoms with Gasteiger partial charge in [-0.1, -0.05) is 29.8 Å². The first-order chi connectivity index (χ1) is 11.6. The molecule has 126 valence electrons. The summed E-state index contributed by atoms with van der Waals surface area (Å²) < 4.78 is 12.0. The van der Waals surface area contributed by atoms with Crippen molar-refractivity contribution in [3.8, 4) is 11.5 Å². The summed E-state index contributed by atoms with van der Waals surface area (Å²) >= 11 is 9.52. The molecule has 1 N–H and O–H groups in total. The lowest BCUT2D eigenvalue weighted by Gasteiger charge is -2.25. The van der Waals surface area contributed by atoms with Crippen molar-refractivity contribution < 1.29 is 14.3 Å². The molecule has 0 spiro atoms. The van der Waals surface area contributed by atoms with Crippen LogP contribution in [0.15, 0.2) is 40.9 Å². The Labute approximate surface area is 154 Å². The molecule has 0 unspecified atom stereocenters. The van der Waals surface area contributed by atoms with Crippen molar-refractivity contribution in [2.45, 2.75) is 13.3 Å². The van der Waals surface area contributed by atoms with Crippen molar-refractivity contribution in [3.63, 3.8) is 0 Å². The summed E-state index contributed by atoms with van der Waals surface area (Å²) in [6, 6.07) is 11.2. The number of anilines is 1. The SMILES string of the molecule is CCOc1c(Br)cc(Cl)cc1NC(=O)[C@H]1COc2ccccc2C1. The zero-order chi connectivity index (χ0) is 17.1. The third kappa shape index (κ3) is 3.68. The highest BCUT2D eigenvalue weighted by atomic mass is 79.9. The standard InChI is InChI=1S/C18H17BrClNO3/c1-2-23-17-14(19)8-13(20)9-15(17)21-18(22)12-7-11-5-3-4-6-16(11)24-10-12/h3-6,8-9,12H,2,7,10H2,1H3,(H,21,22)/t12-/m1/s1. The number of hydrogen-bond acceptors (Lipinski definition) is 3. The molecule has 1 atom stereocenters. The van der Waals surface area contributed by atoms with E-state index in [0.717, 1.165) is 11.3 Å². The Bertz CT molecular complexity index is 766. The maximum Gasteiger partial charge on any atom is 0.231 e. The van der Waals surface area contributed by atoms with Gasteiger partial charge in [-0.25, -0.2) is 0 Å². The summed E-state index contributed by atoms with van der Waals surface area (Å²) in [5.74, 6) is 1.06. The number of amides is 1. The Balaban J connectivity index is 1.78. The lowest BCUT2D eigenvalue weighted by atomic mass is 9.96. The maximum atomic E-state index is 12.7. The number of para-hydroxylation sites is 1. The second-order valence-electron chi connectivity index (χ2n) is 5.51. The second-order valence-corrected chi connectivity index (χ2v) is 6.80. The minimum absolute atomic E-state index is 0.111. The molecule has 1 heterocycles. The van der Waals surface area contributed by atoms with E-state index in [9.17, 15) is 4.79 Å². The first kappa shape index (κ1) is 17.1. The average molecular weight is 411 g/mol. The van der Waals surface area contributed by atoms with E-state index in [1.807, 2.05) is 31.2 Å². The lowest BCUT2D eigenvalue weighted by molar-refractivity contribution is -0.121. The molecule has 0 saturated heterocycles. The molecule has 0 aliphatic carbocycles. The van der Waals surface area contributed by atoms with E-state index < -0.39 is 0 Å². The molecule has 4 nitrogen and oxygen atoms in total. The molecule has 24 heavy (non-hydrogen) atoms. The van der Waals surface area contributed by atoms with Crippen LogP contribution in [0.5, 0.6) is 11.5 Å². The van der Waals surface area contributed by atoms with Crippen molar-refractivity contribution in [1.82, 2.24) is 0 Å². The molecule has 2 aromatic rings. The van der Waals surface area contributed by atoms with Crippen molar-refractivity contribution in [2.24, 2.45) is 5.92 Å². The highest BCUT2D eigenvalue weighted by molar-refractivity contribution is 9.10. The number of halogens is 2. The quantitative estimate of drug-likeness (QED) is 0.795. The fourth-order valence-corrected chi connectivity index (χ4v) is 3.60. The van der Waals surface area contributed by atoms with Crippen LogP contribution in [0.1, 0.15) is 12.5 Å². The number of benzene rings is 2. The number of carbonyl (C=O) groups excluding carboxylic acids is 1. The number of fused-ring (bicyclic) bond motifs is 1. The third-order valence-corrected chi connectivity index (χ3v) is 4.61. The molecule has 0 fully saturated rings. The van der Waals surface area contributed by atoms with Gasteiger partial charge in [0.1, 0.15) is 12.4 Å². The van der Waals surface area contributed by atoms with Crippen LogP contribution in [-0.4, -0.2) is 19.1 Å². The van der Waals surface area contributed by atoms with E-state index in [2.05, 4.69) is 21.2 Å². The first-order valence-electron chi connectivity index (χ1n) is 7.72. The molecule has 0 radical (unpaired) electrons. The molecular formula is C18H17BrClNO3. The molecule has 3 rings (SSSR count). The van der Waals surface area contributed by atoms with Gasteiger partial charge in [-0.3, -0.25) is 4.79 Å². The van der Waals surface area contributed by atoms with Crippen LogP contribution in [-0.2, 0) is 11.2 Å². The Kier molecular flexibility index (Phi) is 5.31. The molecule has 0 saturated carbocycles. The minimum Gasteiger partial charge on any atom is -0.492 e. The van der Waals surface area contributed by atoms with Gasteiger partial charge < -0.3 is 14.8 Å². The largest absolute Gasteiger partial charge is 0.492 e. The fraction of sp³-hybridized carbons (Fsp3) is 0.278. The van der Waals surface area contributed by atoms with Gasteiger partial charge in [0.2, 0.25) is 5.91 Å². The van der Waals surface area contributed by atoms with Gasteiger partial charge in [-0.05, 0) is 53.0 Å². The summed E-state index contributed by atoms with van der Waals surface area (Å²) in [5, 5.41) is 3.44.